The van der Waals surface area contributed by atoms with Crippen LogP contribution in [0.4, 0.5) is 4.79 Å². The lowest BCUT2D eigenvalue weighted by Crippen LogP contribution is -2.39. The van der Waals surface area contributed by atoms with Crippen molar-refractivity contribution in [2.75, 3.05) is 65.7 Å². The van der Waals surface area contributed by atoms with E-state index in [-0.39, 0.29) is 31.3 Å². The largest absolute Gasteiger partial charge is 0.508 e. The summed E-state index contributed by atoms with van der Waals surface area (Å²) in [4.78, 5) is 42.3. The van der Waals surface area contributed by atoms with Gasteiger partial charge in [-0.05, 0) is 83.2 Å². The quantitative estimate of drug-likeness (QED) is 0.0361. The second-order valence-electron chi connectivity index (χ2n) is 17.0. The van der Waals surface area contributed by atoms with Crippen LogP contribution in [0.3, 0.4) is 0 Å². The van der Waals surface area contributed by atoms with Gasteiger partial charge in [-0.15, -0.1) is 0 Å². The molecule has 59 heavy (non-hydrogen) atoms. The first-order valence-corrected chi connectivity index (χ1v) is 25.0. The third-order valence-corrected chi connectivity index (χ3v) is 11.6. The first-order chi connectivity index (χ1) is 28.8. The Labute approximate surface area is 364 Å². The van der Waals surface area contributed by atoms with E-state index in [0.717, 1.165) is 135 Å². The minimum Gasteiger partial charge on any atom is -0.465 e. The summed E-state index contributed by atoms with van der Waals surface area (Å²) in [6.45, 7) is 16.9. The molecule has 0 bridgehead atoms. The zero-order valence-electron chi connectivity index (χ0n) is 39.4. The molecule has 0 aliphatic rings. The molecule has 0 aliphatic heterocycles. The molecule has 1 N–H and O–H groups in total. The molecule has 0 saturated heterocycles. The Morgan fingerprint density at radius 2 is 0.932 bits per heavy atom. The van der Waals surface area contributed by atoms with Crippen LogP contribution in [-0.4, -0.2) is 105 Å². The van der Waals surface area contributed by atoms with Gasteiger partial charge < -0.3 is 29.0 Å². The molecule has 10 heteroatoms. The third kappa shape index (κ3) is 38.7. The molecular weight excluding hydrogens is 745 g/mol. The van der Waals surface area contributed by atoms with E-state index in [1.54, 1.807) is 0 Å². The Kier molecular flexibility index (Phi) is 42.7. The van der Waals surface area contributed by atoms with Crippen LogP contribution in [-0.2, 0) is 28.5 Å². The number of hydrogen-bond acceptors (Lipinski definition) is 10. The van der Waals surface area contributed by atoms with Gasteiger partial charge in [0.2, 0.25) is 0 Å². The molecule has 0 aromatic heterocycles. The van der Waals surface area contributed by atoms with Crippen LogP contribution in [0.25, 0.3) is 0 Å². The highest BCUT2D eigenvalue weighted by Crippen LogP contribution is 2.20. The van der Waals surface area contributed by atoms with Gasteiger partial charge in [0.05, 0.1) is 6.61 Å². The first kappa shape index (κ1) is 57.1. The smallest absolute Gasteiger partial charge is 0.465 e. The molecule has 0 saturated carbocycles. The molecule has 0 heterocycles. The Morgan fingerprint density at radius 1 is 0.458 bits per heavy atom. The van der Waals surface area contributed by atoms with Gasteiger partial charge in [0.25, 0.3) is 0 Å². The van der Waals surface area contributed by atoms with E-state index in [2.05, 4.69) is 44.4 Å². The fourth-order valence-electron chi connectivity index (χ4n) is 7.51. The van der Waals surface area contributed by atoms with Crippen molar-refractivity contribution in [1.29, 1.82) is 0 Å². The molecule has 0 spiro atoms. The van der Waals surface area contributed by atoms with Crippen LogP contribution < -0.4 is 0 Å². The van der Waals surface area contributed by atoms with Gasteiger partial charge in [-0.1, -0.05) is 144 Å². The van der Waals surface area contributed by atoms with E-state index in [9.17, 15) is 19.5 Å². The van der Waals surface area contributed by atoms with Crippen molar-refractivity contribution in [3.05, 3.63) is 0 Å². The molecular formula is C49H96N2O8. The normalized spacial score (nSPS) is 12.5. The van der Waals surface area contributed by atoms with Crippen molar-refractivity contribution in [1.82, 2.24) is 9.80 Å². The summed E-state index contributed by atoms with van der Waals surface area (Å²) in [6.07, 6.45) is 29.7. The number of carbonyl (C=O) groups is 3. The SMILES string of the molecule is CCCCCCCC(=O)OCCN(CCOC(=O)OC(CCCCCC)CCCCCCCCC(=O)OCC(CCCC)CCCCCC)CCN(CC)CCCCO. The Hall–Kier alpha value is -1.91. The summed E-state index contributed by atoms with van der Waals surface area (Å²) in [7, 11) is 0. The average Bonchev–Trinajstić information content (AvgIpc) is 3.23. The number of rotatable bonds is 45. The van der Waals surface area contributed by atoms with Crippen molar-refractivity contribution in [2.24, 2.45) is 5.92 Å². The average molecular weight is 841 g/mol. The lowest BCUT2D eigenvalue weighted by atomic mass is 9.96. The van der Waals surface area contributed by atoms with Gasteiger partial charge in [-0.3, -0.25) is 14.5 Å². The number of aliphatic hydroxyl groups is 1. The molecule has 0 radical (unpaired) electrons. The lowest BCUT2D eigenvalue weighted by molar-refractivity contribution is -0.145. The summed E-state index contributed by atoms with van der Waals surface area (Å²) in [5, 5.41) is 9.20. The summed E-state index contributed by atoms with van der Waals surface area (Å²) >= 11 is 0. The second-order valence-corrected chi connectivity index (χ2v) is 17.0. The number of aliphatic hydroxyl groups excluding tert-OH is 1. The van der Waals surface area contributed by atoms with Crippen molar-refractivity contribution < 1.29 is 38.4 Å². The summed E-state index contributed by atoms with van der Waals surface area (Å²) in [5.41, 5.74) is 0. The van der Waals surface area contributed by atoms with Crippen molar-refractivity contribution >= 4 is 18.1 Å². The van der Waals surface area contributed by atoms with Gasteiger partial charge in [0, 0.05) is 45.6 Å². The molecule has 0 aliphatic carbocycles. The van der Waals surface area contributed by atoms with Crippen molar-refractivity contribution in [3.8, 4) is 0 Å². The number of unbranched alkanes of at least 4 members (excludes halogenated alkanes) is 17. The van der Waals surface area contributed by atoms with Crippen LogP contribution in [0.5, 0.6) is 0 Å². The molecule has 10 nitrogen and oxygen atoms in total. The van der Waals surface area contributed by atoms with E-state index in [0.29, 0.717) is 45.1 Å². The van der Waals surface area contributed by atoms with Gasteiger partial charge in [0.15, 0.2) is 0 Å². The van der Waals surface area contributed by atoms with Crippen LogP contribution in [0, 0.1) is 5.92 Å². The molecule has 350 valence electrons. The van der Waals surface area contributed by atoms with Gasteiger partial charge in [-0.2, -0.15) is 0 Å². The number of nitrogens with zero attached hydrogens (tertiary/aromatic N) is 2. The maximum absolute atomic E-state index is 12.9. The summed E-state index contributed by atoms with van der Waals surface area (Å²) < 4.78 is 22.8. The second kappa shape index (κ2) is 44.2. The molecule has 0 aromatic rings. The Morgan fingerprint density at radius 3 is 1.51 bits per heavy atom. The summed E-state index contributed by atoms with van der Waals surface area (Å²) in [5.74, 6) is 0.324. The van der Waals surface area contributed by atoms with E-state index in [1.807, 2.05) is 0 Å². The lowest BCUT2D eigenvalue weighted by Gasteiger charge is -2.27. The number of hydrogen-bond donors (Lipinski definition) is 1. The minimum absolute atomic E-state index is 0.0412. The first-order valence-electron chi connectivity index (χ1n) is 25.0. The van der Waals surface area contributed by atoms with E-state index in [4.69, 9.17) is 18.9 Å². The van der Waals surface area contributed by atoms with Gasteiger partial charge in [0.1, 0.15) is 19.3 Å². The van der Waals surface area contributed by atoms with Crippen LogP contribution in [0.2, 0.25) is 0 Å². The van der Waals surface area contributed by atoms with Crippen LogP contribution in [0.15, 0.2) is 0 Å². The fourth-order valence-corrected chi connectivity index (χ4v) is 7.51. The molecule has 2 atom stereocenters. The van der Waals surface area contributed by atoms with E-state index >= 15 is 0 Å². The predicted octanol–water partition coefficient (Wildman–Crippen LogP) is 12.2. The predicted molar refractivity (Wildman–Crippen MR) is 244 cm³/mol. The zero-order chi connectivity index (χ0) is 43.4. The highest BCUT2D eigenvalue weighted by Gasteiger charge is 2.17. The van der Waals surface area contributed by atoms with E-state index in [1.165, 1.54) is 64.2 Å². The number of ether oxygens (including phenoxy) is 4. The minimum atomic E-state index is -0.598. The maximum Gasteiger partial charge on any atom is 0.508 e. The zero-order valence-corrected chi connectivity index (χ0v) is 39.4. The molecule has 0 fully saturated rings. The Balaban J connectivity index is 4.72. The third-order valence-electron chi connectivity index (χ3n) is 11.6. The highest BCUT2D eigenvalue weighted by atomic mass is 16.7. The Bertz CT molecular complexity index is 938. The van der Waals surface area contributed by atoms with Crippen LogP contribution in [0.1, 0.15) is 221 Å². The highest BCUT2D eigenvalue weighted by molar-refractivity contribution is 5.69. The fraction of sp³-hybridized carbons (Fsp3) is 0.939. The van der Waals surface area contributed by atoms with Crippen LogP contribution >= 0.6 is 0 Å². The topological polar surface area (TPSA) is 115 Å². The number of likely N-dealkylation sites (N-methyl/N-ethyl adjacent to an activating group) is 1. The number of esters is 2. The van der Waals surface area contributed by atoms with Crippen molar-refractivity contribution in [2.45, 2.75) is 227 Å². The molecule has 0 amide bonds. The maximum atomic E-state index is 12.9. The summed E-state index contributed by atoms with van der Waals surface area (Å²) in [6, 6.07) is 0. The van der Waals surface area contributed by atoms with E-state index < -0.39 is 6.16 Å². The van der Waals surface area contributed by atoms with Gasteiger partial charge in [-0.25, -0.2) is 4.79 Å². The standard InChI is InChI=1S/C49H96N2O8/c1-6-11-15-20-26-34-47(53)56-42-39-51(38-37-50(10-5)36-28-29-41-52)40-43-57-49(55)59-46(32-24-17-13-8-3)33-25-21-18-19-22-27-35-48(54)58-44-45(30-14-9-4)31-23-16-12-7-2/h45-46,52H,6-44H2,1-5H3. The monoisotopic (exact) mass is 841 g/mol. The molecule has 2 unspecified atom stereocenters. The molecule has 0 aromatic carbocycles. The number of carbonyl (C=O) groups excluding carboxylic acids is 3. The van der Waals surface area contributed by atoms with Crippen molar-refractivity contribution in [3.63, 3.8) is 0 Å². The van der Waals surface area contributed by atoms with Gasteiger partial charge >= 0.3 is 18.1 Å². The molecule has 0 rings (SSSR count).